The minimum Gasteiger partial charge on any atom is -0.377 e. The lowest BCUT2D eigenvalue weighted by Crippen LogP contribution is -2.32. The van der Waals surface area contributed by atoms with E-state index in [1.165, 1.54) is 19.3 Å². The van der Waals surface area contributed by atoms with Gasteiger partial charge in [-0.25, -0.2) is 4.68 Å². The molecule has 20 heavy (non-hydrogen) atoms. The van der Waals surface area contributed by atoms with Crippen LogP contribution in [0.4, 0.5) is 5.69 Å². The summed E-state index contributed by atoms with van der Waals surface area (Å²) < 4.78 is 2.36. The van der Waals surface area contributed by atoms with Crippen molar-refractivity contribution < 1.29 is 0 Å². The largest absolute Gasteiger partial charge is 0.377 e. The number of hydrogen-bond donors (Lipinski definition) is 1. The minimum atomic E-state index is -0.0121. The van der Waals surface area contributed by atoms with E-state index >= 15 is 0 Å². The lowest BCUT2D eigenvalue weighted by molar-refractivity contribution is 0.262. The highest BCUT2D eigenvalue weighted by Crippen LogP contribution is 2.27. The van der Waals surface area contributed by atoms with E-state index in [0.717, 1.165) is 17.4 Å². The predicted octanol–water partition coefficient (Wildman–Crippen LogP) is 3.65. The second kappa shape index (κ2) is 6.74. The number of halogens is 1. The van der Waals surface area contributed by atoms with E-state index < -0.39 is 0 Å². The van der Waals surface area contributed by atoms with Crippen LogP contribution in [0.15, 0.2) is 15.5 Å². The van der Waals surface area contributed by atoms with Crippen molar-refractivity contribution in [3.63, 3.8) is 0 Å². The van der Waals surface area contributed by atoms with Crippen molar-refractivity contribution in [3.05, 3.63) is 21.0 Å². The summed E-state index contributed by atoms with van der Waals surface area (Å²) in [5, 5.41) is 7.59. The Labute approximate surface area is 129 Å². The normalized spacial score (nSPS) is 17.1. The average molecular weight is 342 g/mol. The molecule has 1 aliphatic rings. The molecule has 0 saturated heterocycles. The van der Waals surface area contributed by atoms with Gasteiger partial charge in [0.2, 0.25) is 0 Å². The Morgan fingerprint density at radius 1 is 1.45 bits per heavy atom. The summed E-state index contributed by atoms with van der Waals surface area (Å²) in [7, 11) is 0. The van der Waals surface area contributed by atoms with Gasteiger partial charge in [0.1, 0.15) is 5.69 Å². The third kappa shape index (κ3) is 3.84. The molecule has 1 fully saturated rings. The van der Waals surface area contributed by atoms with Gasteiger partial charge in [-0.2, -0.15) is 5.10 Å². The van der Waals surface area contributed by atoms with E-state index in [2.05, 4.69) is 47.1 Å². The van der Waals surface area contributed by atoms with Crippen molar-refractivity contribution in [1.29, 1.82) is 0 Å². The Kier molecular flexibility index (Phi) is 5.24. The monoisotopic (exact) mass is 341 g/mol. The van der Waals surface area contributed by atoms with E-state index in [4.69, 9.17) is 0 Å². The first kappa shape index (κ1) is 15.5. The average Bonchev–Trinajstić information content (AvgIpc) is 2.30. The lowest BCUT2D eigenvalue weighted by atomic mass is 9.85. The zero-order valence-electron chi connectivity index (χ0n) is 12.5. The molecule has 0 aromatic carbocycles. The van der Waals surface area contributed by atoms with Crippen molar-refractivity contribution in [1.82, 2.24) is 9.78 Å². The van der Waals surface area contributed by atoms with Gasteiger partial charge in [0.15, 0.2) is 0 Å². The molecule has 0 radical (unpaired) electrons. The Bertz CT molecular complexity index is 508. The van der Waals surface area contributed by atoms with Gasteiger partial charge in [-0.05, 0) is 54.0 Å². The van der Waals surface area contributed by atoms with Crippen LogP contribution in [-0.4, -0.2) is 15.8 Å². The molecule has 0 spiro atoms. The predicted molar refractivity (Wildman–Crippen MR) is 86.1 cm³/mol. The zero-order chi connectivity index (χ0) is 14.7. The third-order valence-electron chi connectivity index (χ3n) is 3.87. The molecule has 0 bridgehead atoms. The first-order valence-electron chi connectivity index (χ1n) is 7.49. The van der Waals surface area contributed by atoms with Gasteiger partial charge in [0.05, 0.1) is 10.7 Å². The molecule has 4 nitrogen and oxygen atoms in total. The Morgan fingerprint density at radius 3 is 2.70 bits per heavy atom. The Morgan fingerprint density at radius 2 is 2.15 bits per heavy atom. The third-order valence-corrected chi connectivity index (χ3v) is 4.47. The molecule has 1 atom stereocenters. The molecule has 2 rings (SSSR count). The maximum absolute atomic E-state index is 12.5. The SMILES string of the molecule is CC(C)CC(C)Nc1c(Br)cnn(CC2CCC2)c1=O. The Balaban J connectivity index is 2.14. The molecule has 1 N–H and O–H groups in total. The van der Waals surface area contributed by atoms with Crippen LogP contribution in [0.2, 0.25) is 0 Å². The van der Waals surface area contributed by atoms with Gasteiger partial charge in [-0.15, -0.1) is 0 Å². The second-order valence-corrected chi connectivity index (χ2v) is 7.18. The van der Waals surface area contributed by atoms with E-state index in [-0.39, 0.29) is 11.6 Å². The van der Waals surface area contributed by atoms with Gasteiger partial charge in [0, 0.05) is 12.6 Å². The lowest BCUT2D eigenvalue weighted by Gasteiger charge is -2.25. The van der Waals surface area contributed by atoms with Gasteiger partial charge < -0.3 is 5.32 Å². The van der Waals surface area contributed by atoms with Gasteiger partial charge >= 0.3 is 0 Å². The van der Waals surface area contributed by atoms with Gasteiger partial charge in [-0.1, -0.05) is 20.3 Å². The summed E-state index contributed by atoms with van der Waals surface area (Å²) in [5.74, 6) is 1.23. The number of nitrogens with one attached hydrogen (secondary N) is 1. The number of anilines is 1. The molecule has 5 heteroatoms. The number of rotatable bonds is 6. The highest BCUT2D eigenvalue weighted by Gasteiger charge is 2.20. The van der Waals surface area contributed by atoms with Crippen molar-refractivity contribution in [3.8, 4) is 0 Å². The summed E-state index contributed by atoms with van der Waals surface area (Å²) >= 11 is 3.43. The van der Waals surface area contributed by atoms with Crippen LogP contribution >= 0.6 is 15.9 Å². The number of aromatic nitrogens is 2. The van der Waals surface area contributed by atoms with Crippen molar-refractivity contribution >= 4 is 21.6 Å². The van der Waals surface area contributed by atoms with Gasteiger partial charge in [0.25, 0.3) is 5.56 Å². The molecule has 112 valence electrons. The highest BCUT2D eigenvalue weighted by atomic mass is 79.9. The van der Waals surface area contributed by atoms with E-state index in [0.29, 0.717) is 17.5 Å². The smallest absolute Gasteiger partial charge is 0.291 e. The van der Waals surface area contributed by atoms with Crippen molar-refractivity contribution in [2.45, 2.75) is 59.0 Å². The molecule has 1 heterocycles. The van der Waals surface area contributed by atoms with Crippen LogP contribution in [0.25, 0.3) is 0 Å². The Hall–Kier alpha value is -0.840. The van der Waals surface area contributed by atoms with Crippen LogP contribution in [0.1, 0.15) is 46.5 Å². The number of nitrogens with zero attached hydrogens (tertiary/aromatic N) is 2. The van der Waals surface area contributed by atoms with Crippen LogP contribution in [0, 0.1) is 11.8 Å². The van der Waals surface area contributed by atoms with E-state index in [9.17, 15) is 4.79 Å². The molecule has 0 aliphatic heterocycles. The van der Waals surface area contributed by atoms with Crippen molar-refractivity contribution in [2.24, 2.45) is 11.8 Å². The summed E-state index contributed by atoms with van der Waals surface area (Å²) in [6, 6.07) is 0.276. The van der Waals surface area contributed by atoms with Crippen LogP contribution in [-0.2, 0) is 6.54 Å². The summed E-state index contributed by atoms with van der Waals surface area (Å²) in [4.78, 5) is 12.5. The highest BCUT2D eigenvalue weighted by molar-refractivity contribution is 9.10. The molecule has 1 unspecified atom stereocenters. The molecule has 1 aromatic heterocycles. The molecule has 0 amide bonds. The molecule has 1 aliphatic carbocycles. The molecular weight excluding hydrogens is 318 g/mol. The van der Waals surface area contributed by atoms with Crippen LogP contribution in [0.5, 0.6) is 0 Å². The topological polar surface area (TPSA) is 46.9 Å². The summed E-state index contributed by atoms with van der Waals surface area (Å²) in [6.45, 7) is 7.24. The molecular formula is C15H24BrN3O. The first-order chi connectivity index (χ1) is 9.47. The maximum Gasteiger partial charge on any atom is 0.291 e. The summed E-state index contributed by atoms with van der Waals surface area (Å²) in [5.41, 5.74) is 0.634. The zero-order valence-corrected chi connectivity index (χ0v) is 14.1. The number of hydrogen-bond acceptors (Lipinski definition) is 3. The fourth-order valence-electron chi connectivity index (χ4n) is 2.66. The summed E-state index contributed by atoms with van der Waals surface area (Å²) in [6.07, 6.45) is 6.49. The molecule has 1 saturated carbocycles. The minimum absolute atomic E-state index is 0.0121. The standard InChI is InChI=1S/C15H24BrN3O/c1-10(2)7-11(3)18-14-13(16)8-17-19(15(14)20)9-12-5-4-6-12/h8,10-12,18H,4-7,9H2,1-3H3. The fourth-order valence-corrected chi connectivity index (χ4v) is 3.04. The van der Waals surface area contributed by atoms with E-state index in [1.807, 2.05) is 0 Å². The van der Waals surface area contributed by atoms with E-state index in [1.54, 1.807) is 10.9 Å². The second-order valence-electron chi connectivity index (χ2n) is 6.33. The first-order valence-corrected chi connectivity index (χ1v) is 8.28. The fraction of sp³-hybridized carbons (Fsp3) is 0.733. The van der Waals surface area contributed by atoms with Gasteiger partial charge in [-0.3, -0.25) is 4.79 Å². The van der Waals surface area contributed by atoms with Crippen LogP contribution < -0.4 is 10.9 Å². The maximum atomic E-state index is 12.5. The molecule has 1 aromatic rings. The quantitative estimate of drug-likeness (QED) is 0.858. The van der Waals surface area contributed by atoms with Crippen LogP contribution in [0.3, 0.4) is 0 Å². The van der Waals surface area contributed by atoms with Crippen molar-refractivity contribution in [2.75, 3.05) is 5.32 Å².